The van der Waals surface area contributed by atoms with Crippen LogP contribution in [0.3, 0.4) is 0 Å². The molecule has 0 fully saturated rings. The molecule has 0 bridgehead atoms. The molecule has 1 heterocycles. The lowest BCUT2D eigenvalue weighted by Gasteiger charge is -2.20. The number of hydrogen-bond donors (Lipinski definition) is 2. The summed E-state index contributed by atoms with van der Waals surface area (Å²) in [4.78, 5) is 4.41. The zero-order valence-corrected chi connectivity index (χ0v) is 15.2. The van der Waals surface area contributed by atoms with Gasteiger partial charge in [0.15, 0.2) is 0 Å². The molecule has 7 heteroatoms. The predicted octanol–water partition coefficient (Wildman–Crippen LogP) is 1.78. The summed E-state index contributed by atoms with van der Waals surface area (Å²) in [6, 6.07) is 2.18. The van der Waals surface area contributed by atoms with Gasteiger partial charge in [-0.15, -0.1) is 11.3 Å². The van der Waals surface area contributed by atoms with Crippen molar-refractivity contribution in [1.29, 1.82) is 0 Å². The third kappa shape index (κ3) is 5.67. The van der Waals surface area contributed by atoms with E-state index in [9.17, 15) is 8.42 Å². The van der Waals surface area contributed by atoms with Crippen molar-refractivity contribution in [2.45, 2.75) is 45.2 Å². The number of sulfonamides is 1. The fourth-order valence-electron chi connectivity index (χ4n) is 1.82. The second-order valence-corrected chi connectivity index (χ2v) is 8.46. The van der Waals surface area contributed by atoms with Crippen LogP contribution in [0.25, 0.3) is 0 Å². The molecule has 0 saturated carbocycles. The zero-order valence-electron chi connectivity index (χ0n) is 13.6. The number of rotatable bonds is 9. The monoisotopic (exact) mass is 333 g/mol. The van der Waals surface area contributed by atoms with Crippen LogP contribution in [0.15, 0.2) is 11.0 Å². The van der Waals surface area contributed by atoms with Crippen LogP contribution >= 0.6 is 11.3 Å². The maximum Gasteiger partial charge on any atom is 0.241 e. The molecule has 21 heavy (non-hydrogen) atoms. The van der Waals surface area contributed by atoms with Crippen LogP contribution in [-0.4, -0.2) is 46.0 Å². The highest BCUT2D eigenvalue weighted by molar-refractivity contribution is 7.89. The summed E-state index contributed by atoms with van der Waals surface area (Å²) in [5, 5.41) is 3.22. The molecule has 0 saturated heterocycles. The Morgan fingerprint density at radius 1 is 1.38 bits per heavy atom. The molecule has 0 spiro atoms. The smallest absolute Gasteiger partial charge is 0.241 e. The molecule has 1 aromatic heterocycles. The quantitative estimate of drug-likeness (QED) is 0.723. The van der Waals surface area contributed by atoms with E-state index in [-0.39, 0.29) is 0 Å². The normalized spacial score (nSPS) is 12.5. The van der Waals surface area contributed by atoms with Gasteiger partial charge in [0.2, 0.25) is 10.0 Å². The Morgan fingerprint density at radius 3 is 2.62 bits per heavy atom. The topological polar surface area (TPSA) is 61.4 Å². The van der Waals surface area contributed by atoms with Gasteiger partial charge < -0.3 is 10.2 Å². The highest BCUT2D eigenvalue weighted by Gasteiger charge is 2.19. The molecule has 0 aliphatic heterocycles. The summed E-state index contributed by atoms with van der Waals surface area (Å²) in [6.07, 6.45) is 0. The molecule has 5 nitrogen and oxygen atoms in total. The van der Waals surface area contributed by atoms with E-state index in [0.29, 0.717) is 30.6 Å². The highest BCUT2D eigenvalue weighted by atomic mass is 32.2. The van der Waals surface area contributed by atoms with Gasteiger partial charge in [-0.2, -0.15) is 0 Å². The minimum atomic E-state index is -3.41. The Kier molecular flexibility index (Phi) is 7.29. The van der Waals surface area contributed by atoms with Gasteiger partial charge in [0.1, 0.15) is 0 Å². The van der Waals surface area contributed by atoms with Crippen LogP contribution < -0.4 is 10.0 Å². The largest absolute Gasteiger partial charge is 0.312 e. The van der Waals surface area contributed by atoms with Crippen LogP contribution in [0.4, 0.5) is 0 Å². The summed E-state index contributed by atoms with van der Waals surface area (Å²) in [5.41, 5.74) is 0. The summed E-state index contributed by atoms with van der Waals surface area (Å²) >= 11 is 1.53. The standard InChI is InChI=1S/C14H27N3O2S2/c1-6-15-10-13-9-14(12(4)20-13)21(18,19)16-7-8-17(5)11(2)3/h9,11,15-16H,6-8,10H2,1-5H3. The van der Waals surface area contributed by atoms with Crippen molar-refractivity contribution in [1.82, 2.24) is 14.9 Å². The lowest BCUT2D eigenvalue weighted by atomic mass is 10.3. The average Bonchev–Trinajstić information content (AvgIpc) is 2.78. The van der Waals surface area contributed by atoms with Gasteiger partial charge >= 0.3 is 0 Å². The summed E-state index contributed by atoms with van der Waals surface area (Å²) in [6.45, 7) is 10.8. The molecule has 0 aliphatic carbocycles. The molecule has 0 aromatic carbocycles. The van der Waals surface area contributed by atoms with Crippen molar-refractivity contribution in [3.8, 4) is 0 Å². The minimum absolute atomic E-state index is 0.407. The Labute approximate surface area is 132 Å². The molecule has 1 aromatic rings. The summed E-state index contributed by atoms with van der Waals surface area (Å²) in [7, 11) is -1.42. The maximum atomic E-state index is 12.3. The van der Waals surface area contributed by atoms with E-state index < -0.39 is 10.0 Å². The van der Waals surface area contributed by atoms with Gasteiger partial charge in [-0.05, 0) is 40.4 Å². The van der Waals surface area contributed by atoms with Crippen LogP contribution in [-0.2, 0) is 16.6 Å². The van der Waals surface area contributed by atoms with Crippen LogP contribution in [0.2, 0.25) is 0 Å². The van der Waals surface area contributed by atoms with Crippen molar-refractivity contribution < 1.29 is 8.42 Å². The van der Waals surface area contributed by atoms with Gasteiger partial charge in [-0.25, -0.2) is 13.1 Å². The first kappa shape index (κ1) is 18.6. The second-order valence-electron chi connectivity index (χ2n) is 5.39. The molecule has 0 amide bonds. The maximum absolute atomic E-state index is 12.3. The van der Waals surface area contributed by atoms with E-state index in [1.165, 1.54) is 11.3 Å². The lowest BCUT2D eigenvalue weighted by molar-refractivity contribution is 0.278. The molecular weight excluding hydrogens is 306 g/mol. The van der Waals surface area contributed by atoms with E-state index in [1.54, 1.807) is 6.07 Å². The predicted molar refractivity (Wildman–Crippen MR) is 89.4 cm³/mol. The van der Waals surface area contributed by atoms with Gasteiger partial charge in [-0.3, -0.25) is 0 Å². The van der Waals surface area contributed by atoms with E-state index in [0.717, 1.165) is 16.3 Å². The van der Waals surface area contributed by atoms with Crippen LogP contribution in [0.1, 0.15) is 30.5 Å². The molecule has 0 atom stereocenters. The van der Waals surface area contributed by atoms with Crippen molar-refractivity contribution in [2.24, 2.45) is 0 Å². The zero-order chi connectivity index (χ0) is 16.0. The third-order valence-corrected chi connectivity index (χ3v) is 6.17. The van der Waals surface area contributed by atoms with Crippen molar-refractivity contribution in [2.75, 3.05) is 26.7 Å². The summed E-state index contributed by atoms with van der Waals surface area (Å²) in [5.74, 6) is 0. The first-order valence-corrected chi connectivity index (χ1v) is 9.57. The van der Waals surface area contributed by atoms with E-state index >= 15 is 0 Å². The van der Waals surface area contributed by atoms with Crippen LogP contribution in [0.5, 0.6) is 0 Å². The van der Waals surface area contributed by atoms with Gasteiger partial charge in [0, 0.05) is 35.4 Å². The van der Waals surface area contributed by atoms with Crippen molar-refractivity contribution in [3.63, 3.8) is 0 Å². The average molecular weight is 334 g/mol. The first-order chi connectivity index (χ1) is 9.77. The van der Waals surface area contributed by atoms with E-state index in [4.69, 9.17) is 0 Å². The molecule has 1 rings (SSSR count). The number of thiophene rings is 1. The molecule has 0 unspecified atom stereocenters. The minimum Gasteiger partial charge on any atom is -0.312 e. The second kappa shape index (κ2) is 8.24. The fraction of sp³-hybridized carbons (Fsp3) is 0.714. The number of hydrogen-bond acceptors (Lipinski definition) is 5. The molecule has 2 N–H and O–H groups in total. The number of aryl methyl sites for hydroxylation is 1. The SMILES string of the molecule is CCNCc1cc(S(=O)(=O)NCCN(C)C(C)C)c(C)s1. The van der Waals surface area contributed by atoms with Gasteiger partial charge in [0.05, 0.1) is 4.90 Å². The third-order valence-electron chi connectivity index (χ3n) is 3.40. The summed E-state index contributed by atoms with van der Waals surface area (Å²) < 4.78 is 27.4. The van der Waals surface area contributed by atoms with Crippen molar-refractivity contribution >= 4 is 21.4 Å². The van der Waals surface area contributed by atoms with Crippen molar-refractivity contribution in [3.05, 3.63) is 15.8 Å². The van der Waals surface area contributed by atoms with Gasteiger partial charge in [0.25, 0.3) is 0 Å². The molecule has 0 radical (unpaired) electrons. The number of likely N-dealkylation sites (N-methyl/N-ethyl adjacent to an activating group) is 1. The molecule has 0 aliphatic rings. The number of nitrogens with zero attached hydrogens (tertiary/aromatic N) is 1. The molecule has 122 valence electrons. The van der Waals surface area contributed by atoms with E-state index in [2.05, 4.69) is 28.8 Å². The highest BCUT2D eigenvalue weighted by Crippen LogP contribution is 2.25. The first-order valence-electron chi connectivity index (χ1n) is 7.27. The van der Waals surface area contributed by atoms with Crippen LogP contribution in [0, 0.1) is 6.92 Å². The Bertz CT molecular complexity index is 538. The Morgan fingerprint density at radius 2 is 2.05 bits per heavy atom. The lowest BCUT2D eigenvalue weighted by Crippen LogP contribution is -2.36. The van der Waals surface area contributed by atoms with E-state index in [1.807, 2.05) is 20.9 Å². The van der Waals surface area contributed by atoms with Gasteiger partial charge in [-0.1, -0.05) is 6.92 Å². The molecular formula is C14H27N3O2S2. The Balaban J connectivity index is 2.67. The number of nitrogens with one attached hydrogen (secondary N) is 2. The fourth-order valence-corrected chi connectivity index (χ4v) is 4.44. The Hall–Kier alpha value is -0.470.